The van der Waals surface area contributed by atoms with Crippen molar-refractivity contribution in [3.8, 4) is 5.75 Å². The van der Waals surface area contributed by atoms with Crippen LogP contribution in [-0.4, -0.2) is 27.1 Å². The van der Waals surface area contributed by atoms with Gasteiger partial charge in [0.1, 0.15) is 11.6 Å². The van der Waals surface area contributed by atoms with E-state index in [2.05, 4.69) is 15.3 Å². The molecule has 0 unspecified atom stereocenters. The fourth-order valence-corrected chi connectivity index (χ4v) is 4.71. The van der Waals surface area contributed by atoms with E-state index < -0.39 is 11.4 Å². The highest BCUT2D eigenvalue weighted by Gasteiger charge is 2.43. The normalized spacial score (nSPS) is 20.9. The van der Waals surface area contributed by atoms with E-state index >= 15 is 0 Å². The Morgan fingerprint density at radius 1 is 1.29 bits per heavy atom. The molecule has 2 aromatic heterocycles. The highest BCUT2D eigenvalue weighted by Crippen LogP contribution is 2.41. The molecule has 1 aliphatic rings. The summed E-state index contributed by atoms with van der Waals surface area (Å²) in [6.45, 7) is 1.94. The predicted octanol–water partition coefficient (Wildman–Crippen LogP) is 5.88. The second kappa shape index (κ2) is 9.24. The maximum atomic E-state index is 12.3. The number of anilines is 2. The number of aliphatic carboxylic acids is 1. The van der Waals surface area contributed by atoms with E-state index in [0.717, 1.165) is 16.4 Å². The van der Waals surface area contributed by atoms with Crippen molar-refractivity contribution in [1.82, 2.24) is 9.97 Å². The molecule has 0 spiro atoms. The van der Waals surface area contributed by atoms with Crippen LogP contribution in [0.2, 0.25) is 5.02 Å². The van der Waals surface area contributed by atoms with E-state index in [1.165, 1.54) is 11.3 Å². The summed E-state index contributed by atoms with van der Waals surface area (Å²) in [7, 11) is 0. The number of nitrogens with one attached hydrogen (secondary N) is 1. The first-order chi connectivity index (χ1) is 14.9. The van der Waals surface area contributed by atoms with Gasteiger partial charge in [-0.1, -0.05) is 29.8 Å². The van der Waals surface area contributed by atoms with Gasteiger partial charge in [0.2, 0.25) is 0 Å². The lowest BCUT2D eigenvalue weighted by molar-refractivity contribution is -0.152. The quantitative estimate of drug-likeness (QED) is 0.461. The Kier molecular flexibility index (Phi) is 6.43. The van der Waals surface area contributed by atoms with Crippen molar-refractivity contribution in [3.05, 3.63) is 64.3 Å². The molecule has 31 heavy (non-hydrogen) atoms. The molecule has 2 heterocycles. The molecular weight excluding hydrogens is 434 g/mol. The van der Waals surface area contributed by atoms with Crippen LogP contribution < -0.4 is 10.1 Å². The number of ether oxygens (including phenoxy) is 1. The van der Waals surface area contributed by atoms with Crippen LogP contribution in [0.3, 0.4) is 0 Å². The van der Waals surface area contributed by atoms with Crippen molar-refractivity contribution in [1.29, 1.82) is 0 Å². The van der Waals surface area contributed by atoms with E-state index in [0.29, 0.717) is 48.7 Å². The number of hydrogen-bond acceptors (Lipinski definition) is 6. The number of nitrogens with zero attached hydrogens (tertiary/aromatic N) is 2. The predicted molar refractivity (Wildman–Crippen MR) is 122 cm³/mol. The van der Waals surface area contributed by atoms with Crippen LogP contribution in [-0.2, 0) is 11.2 Å². The molecule has 3 aromatic rings. The third kappa shape index (κ3) is 4.99. The minimum absolute atomic E-state index is 0.0439. The second-order valence-electron chi connectivity index (χ2n) is 7.94. The summed E-state index contributed by atoms with van der Waals surface area (Å²) < 4.78 is 6.11. The Labute approximate surface area is 190 Å². The molecule has 0 bridgehead atoms. The fraction of sp³-hybridized carbons (Fsp3) is 0.348. The van der Waals surface area contributed by atoms with Crippen molar-refractivity contribution in [2.45, 2.75) is 45.1 Å². The van der Waals surface area contributed by atoms with Gasteiger partial charge in [-0.05, 0) is 56.4 Å². The average Bonchev–Trinajstić information content (AvgIpc) is 3.26. The van der Waals surface area contributed by atoms with Gasteiger partial charge in [0, 0.05) is 23.7 Å². The first-order valence-electron chi connectivity index (χ1n) is 10.2. The minimum Gasteiger partial charge on any atom is -0.489 e. The number of aryl methyl sites for hydroxylation is 1. The van der Waals surface area contributed by atoms with Gasteiger partial charge in [-0.2, -0.15) is 0 Å². The first-order valence-corrected chi connectivity index (χ1v) is 11.5. The topological polar surface area (TPSA) is 84.3 Å². The standard InChI is InChI=1S/C23H24ClN3O3S/c1-15-4-2-6-18(20(15)24)30-17-8-10-23(11-9-17,21(28)29)14-16-5-3-7-19(26-16)27-22-25-12-13-31-22/h2-7,12-13,17H,8-11,14H2,1H3,(H,28,29)(H,25,26,27). The van der Waals surface area contributed by atoms with Gasteiger partial charge in [0.25, 0.3) is 0 Å². The van der Waals surface area contributed by atoms with Gasteiger partial charge >= 0.3 is 5.97 Å². The van der Waals surface area contributed by atoms with Crippen molar-refractivity contribution in [2.24, 2.45) is 5.41 Å². The summed E-state index contributed by atoms with van der Waals surface area (Å²) >= 11 is 7.84. The maximum absolute atomic E-state index is 12.3. The van der Waals surface area contributed by atoms with Gasteiger partial charge in [0.05, 0.1) is 16.5 Å². The fourth-order valence-electron chi connectivity index (χ4n) is 4.01. The number of pyridine rings is 1. The second-order valence-corrected chi connectivity index (χ2v) is 9.22. The van der Waals surface area contributed by atoms with Crippen LogP contribution in [0.5, 0.6) is 5.75 Å². The summed E-state index contributed by atoms with van der Waals surface area (Å²) in [6, 6.07) is 11.3. The number of rotatable bonds is 7. The zero-order valence-electron chi connectivity index (χ0n) is 17.2. The Balaban J connectivity index is 1.43. The van der Waals surface area contributed by atoms with Crippen LogP contribution in [0.15, 0.2) is 48.0 Å². The SMILES string of the molecule is Cc1cccc(OC2CCC(Cc3cccc(Nc4nccs4)n3)(C(=O)O)CC2)c1Cl. The molecule has 1 fully saturated rings. The zero-order chi connectivity index (χ0) is 21.8. The highest BCUT2D eigenvalue weighted by molar-refractivity contribution is 7.13. The van der Waals surface area contributed by atoms with Crippen molar-refractivity contribution in [3.63, 3.8) is 0 Å². The number of benzene rings is 1. The zero-order valence-corrected chi connectivity index (χ0v) is 18.7. The molecular formula is C23H24ClN3O3S. The summed E-state index contributed by atoms with van der Waals surface area (Å²) in [4.78, 5) is 21.1. The largest absolute Gasteiger partial charge is 0.489 e. The third-order valence-corrected chi connectivity index (χ3v) is 6.96. The molecule has 1 aromatic carbocycles. The van der Waals surface area contributed by atoms with Crippen molar-refractivity contribution in [2.75, 3.05) is 5.32 Å². The molecule has 0 radical (unpaired) electrons. The molecule has 2 N–H and O–H groups in total. The Morgan fingerprint density at radius 3 is 2.77 bits per heavy atom. The van der Waals surface area contributed by atoms with E-state index in [9.17, 15) is 9.90 Å². The highest BCUT2D eigenvalue weighted by atomic mass is 35.5. The van der Waals surface area contributed by atoms with Gasteiger partial charge in [0.15, 0.2) is 5.13 Å². The molecule has 0 amide bonds. The monoisotopic (exact) mass is 457 g/mol. The minimum atomic E-state index is -0.844. The molecule has 4 rings (SSSR count). The Morgan fingerprint density at radius 2 is 2.06 bits per heavy atom. The summed E-state index contributed by atoms with van der Waals surface area (Å²) in [5.74, 6) is 0.552. The van der Waals surface area contributed by atoms with Crippen molar-refractivity contribution < 1.29 is 14.6 Å². The van der Waals surface area contributed by atoms with E-state index in [4.69, 9.17) is 16.3 Å². The third-order valence-electron chi connectivity index (χ3n) is 5.79. The van der Waals surface area contributed by atoms with Crippen LogP contribution in [0.1, 0.15) is 36.9 Å². The molecule has 1 saturated carbocycles. The van der Waals surface area contributed by atoms with Gasteiger partial charge in [-0.15, -0.1) is 11.3 Å². The molecule has 0 saturated heterocycles. The molecule has 6 nitrogen and oxygen atoms in total. The smallest absolute Gasteiger partial charge is 0.310 e. The Bertz CT molecular complexity index is 1050. The van der Waals surface area contributed by atoms with E-state index in [1.807, 2.05) is 48.7 Å². The number of aromatic nitrogens is 2. The molecule has 1 aliphatic carbocycles. The van der Waals surface area contributed by atoms with E-state index in [-0.39, 0.29) is 6.10 Å². The van der Waals surface area contributed by atoms with Crippen LogP contribution in [0.4, 0.5) is 10.9 Å². The molecule has 0 aliphatic heterocycles. The number of carboxylic acid groups (broad SMARTS) is 1. The summed E-state index contributed by atoms with van der Waals surface area (Å²) in [5.41, 5.74) is 0.875. The number of hydrogen-bond donors (Lipinski definition) is 2. The number of halogens is 1. The number of carboxylic acids is 1. The summed E-state index contributed by atoms with van der Waals surface area (Å²) in [6.07, 6.45) is 4.44. The van der Waals surface area contributed by atoms with Crippen molar-refractivity contribution >= 4 is 39.9 Å². The molecule has 0 atom stereocenters. The lowest BCUT2D eigenvalue weighted by Gasteiger charge is -2.37. The van der Waals surface area contributed by atoms with E-state index in [1.54, 1.807) is 6.20 Å². The maximum Gasteiger partial charge on any atom is 0.310 e. The van der Waals surface area contributed by atoms with Gasteiger partial charge in [-0.25, -0.2) is 9.97 Å². The van der Waals surface area contributed by atoms with Crippen LogP contribution >= 0.6 is 22.9 Å². The summed E-state index contributed by atoms with van der Waals surface area (Å²) in [5, 5.41) is 16.5. The first kappa shape index (κ1) is 21.6. The van der Waals surface area contributed by atoms with Gasteiger partial charge in [-0.3, -0.25) is 4.79 Å². The molecule has 8 heteroatoms. The molecule has 162 valence electrons. The lowest BCUT2D eigenvalue weighted by atomic mass is 9.70. The Hall–Kier alpha value is -2.64. The lowest BCUT2D eigenvalue weighted by Crippen LogP contribution is -2.40. The number of thiazole rings is 1. The van der Waals surface area contributed by atoms with Crippen LogP contribution in [0, 0.1) is 12.3 Å². The van der Waals surface area contributed by atoms with Crippen LogP contribution in [0.25, 0.3) is 0 Å². The van der Waals surface area contributed by atoms with Gasteiger partial charge < -0.3 is 15.2 Å². The average molecular weight is 458 g/mol. The number of carbonyl (C=O) groups is 1.